The van der Waals surface area contributed by atoms with Crippen LogP contribution in [0.15, 0.2) is 12.1 Å². The minimum absolute atomic E-state index is 0.0152. The quantitative estimate of drug-likeness (QED) is 0.802. The second kappa shape index (κ2) is 7.67. The van der Waals surface area contributed by atoms with Crippen molar-refractivity contribution in [3.05, 3.63) is 51.6 Å². The van der Waals surface area contributed by atoms with Crippen molar-refractivity contribution >= 4 is 17.6 Å². The van der Waals surface area contributed by atoms with Crippen LogP contribution in [0.3, 0.4) is 0 Å². The highest BCUT2D eigenvalue weighted by atomic mass is 35.5. The Kier molecular flexibility index (Phi) is 5.84. The van der Waals surface area contributed by atoms with Crippen molar-refractivity contribution in [1.29, 1.82) is 0 Å². The van der Waals surface area contributed by atoms with Gasteiger partial charge in [-0.15, -0.1) is 0 Å². The Balaban J connectivity index is 2.44. The first-order valence-electron chi connectivity index (χ1n) is 7.05. The summed E-state index contributed by atoms with van der Waals surface area (Å²) in [6.07, 6.45) is 0.0152. The smallest absolute Gasteiger partial charge is 0.359 e. The van der Waals surface area contributed by atoms with Crippen molar-refractivity contribution < 1.29 is 27.8 Å². The number of hydrogen-bond donors (Lipinski definition) is 1. The van der Waals surface area contributed by atoms with Gasteiger partial charge in [-0.05, 0) is 6.92 Å². The standard InChI is InChI=1S/C15H14ClF3N2O3/c1-2-24-15(23)13-9(3-4-22)14(16)21(20-13)7-10-11(18)5-8(17)6-12(10)19/h5-6,22H,2-4,7H2,1H3. The van der Waals surface area contributed by atoms with Crippen LogP contribution < -0.4 is 0 Å². The second-order valence-electron chi connectivity index (χ2n) is 4.82. The summed E-state index contributed by atoms with van der Waals surface area (Å²) in [6.45, 7) is 0.945. The van der Waals surface area contributed by atoms with Crippen molar-refractivity contribution in [1.82, 2.24) is 9.78 Å². The highest BCUT2D eigenvalue weighted by molar-refractivity contribution is 6.30. The minimum atomic E-state index is -1.10. The molecular weight excluding hydrogens is 349 g/mol. The van der Waals surface area contributed by atoms with E-state index in [2.05, 4.69) is 5.10 Å². The normalized spacial score (nSPS) is 10.9. The number of aliphatic hydroxyl groups excluding tert-OH is 1. The number of rotatable bonds is 6. The molecule has 5 nitrogen and oxygen atoms in total. The average molecular weight is 363 g/mol. The molecule has 0 radical (unpaired) electrons. The van der Waals surface area contributed by atoms with Crippen LogP contribution in [0.1, 0.15) is 28.5 Å². The lowest BCUT2D eigenvalue weighted by Crippen LogP contribution is -2.10. The molecule has 0 atom stereocenters. The van der Waals surface area contributed by atoms with Crippen LogP contribution >= 0.6 is 11.6 Å². The topological polar surface area (TPSA) is 64.3 Å². The van der Waals surface area contributed by atoms with Crippen LogP contribution in [0.5, 0.6) is 0 Å². The van der Waals surface area contributed by atoms with Crippen molar-refractivity contribution in [2.75, 3.05) is 13.2 Å². The summed E-state index contributed by atoms with van der Waals surface area (Å²) in [7, 11) is 0. The maximum Gasteiger partial charge on any atom is 0.359 e. The highest BCUT2D eigenvalue weighted by Crippen LogP contribution is 2.24. The molecule has 0 saturated carbocycles. The van der Waals surface area contributed by atoms with Crippen LogP contribution in [0.4, 0.5) is 13.2 Å². The first-order valence-corrected chi connectivity index (χ1v) is 7.43. The maximum absolute atomic E-state index is 13.8. The molecule has 2 aromatic rings. The van der Waals surface area contributed by atoms with Gasteiger partial charge in [0.1, 0.15) is 22.6 Å². The van der Waals surface area contributed by atoms with E-state index in [-0.39, 0.29) is 36.0 Å². The Morgan fingerprint density at radius 2 is 1.92 bits per heavy atom. The predicted molar refractivity (Wildman–Crippen MR) is 79.4 cm³/mol. The fraction of sp³-hybridized carbons (Fsp3) is 0.333. The number of ether oxygens (including phenoxy) is 1. The lowest BCUT2D eigenvalue weighted by Gasteiger charge is -2.07. The molecule has 1 heterocycles. The molecule has 1 aromatic heterocycles. The van der Waals surface area contributed by atoms with Crippen LogP contribution in [-0.4, -0.2) is 34.1 Å². The summed E-state index contributed by atoms with van der Waals surface area (Å²) < 4.78 is 46.3. The minimum Gasteiger partial charge on any atom is -0.461 e. The Bertz CT molecular complexity index is 742. The van der Waals surface area contributed by atoms with Crippen LogP contribution in [0.2, 0.25) is 5.15 Å². The molecule has 0 unspecified atom stereocenters. The molecular formula is C15H14ClF3N2O3. The maximum atomic E-state index is 13.8. The third-order valence-electron chi connectivity index (χ3n) is 3.23. The number of carbonyl (C=O) groups excluding carboxylic acids is 1. The third kappa shape index (κ3) is 3.70. The SMILES string of the molecule is CCOC(=O)c1nn(Cc2c(F)cc(F)cc2F)c(Cl)c1CCO. The van der Waals surface area contributed by atoms with Gasteiger partial charge < -0.3 is 9.84 Å². The molecule has 0 amide bonds. The van der Waals surface area contributed by atoms with Crippen LogP contribution in [0.25, 0.3) is 0 Å². The number of halogens is 4. The second-order valence-corrected chi connectivity index (χ2v) is 5.18. The molecule has 0 spiro atoms. The molecule has 0 aliphatic rings. The summed E-state index contributed by atoms with van der Waals surface area (Å²) in [5.74, 6) is -4.00. The number of benzene rings is 1. The first kappa shape index (κ1) is 18.3. The first-order chi connectivity index (χ1) is 11.4. The molecule has 9 heteroatoms. The van der Waals surface area contributed by atoms with E-state index in [0.29, 0.717) is 12.1 Å². The molecule has 0 fully saturated rings. The van der Waals surface area contributed by atoms with E-state index in [9.17, 15) is 18.0 Å². The molecule has 0 aliphatic heterocycles. The van der Waals surface area contributed by atoms with Gasteiger partial charge >= 0.3 is 5.97 Å². The van der Waals surface area contributed by atoms with Gasteiger partial charge in [-0.3, -0.25) is 0 Å². The van der Waals surface area contributed by atoms with E-state index in [1.54, 1.807) is 6.92 Å². The van der Waals surface area contributed by atoms with Crippen molar-refractivity contribution in [3.63, 3.8) is 0 Å². The number of aromatic nitrogens is 2. The van der Waals surface area contributed by atoms with Gasteiger partial charge in [0.25, 0.3) is 0 Å². The number of hydrogen-bond acceptors (Lipinski definition) is 4. The molecule has 0 bridgehead atoms. The van der Waals surface area contributed by atoms with Crippen molar-refractivity contribution in [2.45, 2.75) is 19.9 Å². The zero-order chi connectivity index (χ0) is 17.9. The Hall–Kier alpha value is -2.06. The zero-order valence-corrected chi connectivity index (χ0v) is 13.4. The molecule has 1 aromatic carbocycles. The van der Waals surface area contributed by atoms with E-state index in [1.807, 2.05) is 0 Å². The van der Waals surface area contributed by atoms with E-state index < -0.39 is 35.5 Å². The average Bonchev–Trinajstić information content (AvgIpc) is 2.81. The van der Waals surface area contributed by atoms with Crippen LogP contribution in [-0.2, 0) is 17.7 Å². The molecule has 0 saturated heterocycles. The number of nitrogens with zero attached hydrogens (tertiary/aromatic N) is 2. The summed E-state index contributed by atoms with van der Waals surface area (Å²) in [5, 5.41) is 12.9. The van der Waals surface area contributed by atoms with E-state index >= 15 is 0 Å². The molecule has 2 rings (SSSR count). The summed E-state index contributed by atoms with van der Waals surface area (Å²) in [5.41, 5.74) is -0.383. The van der Waals surface area contributed by atoms with Gasteiger partial charge in [0, 0.05) is 36.3 Å². The Labute approximate surface area is 140 Å². The molecule has 130 valence electrons. The van der Waals surface area contributed by atoms with E-state index in [1.165, 1.54) is 0 Å². The zero-order valence-electron chi connectivity index (χ0n) is 12.7. The summed E-state index contributed by atoms with van der Waals surface area (Å²) in [4.78, 5) is 11.9. The van der Waals surface area contributed by atoms with Crippen molar-refractivity contribution in [2.24, 2.45) is 0 Å². The van der Waals surface area contributed by atoms with Gasteiger partial charge in [-0.2, -0.15) is 5.10 Å². The van der Waals surface area contributed by atoms with E-state index in [0.717, 1.165) is 4.68 Å². The highest BCUT2D eigenvalue weighted by Gasteiger charge is 2.24. The van der Waals surface area contributed by atoms with Crippen LogP contribution in [0, 0.1) is 17.5 Å². The third-order valence-corrected chi connectivity index (χ3v) is 3.65. The molecule has 1 N–H and O–H groups in total. The predicted octanol–water partition coefficient (Wildman–Crippen LogP) is 2.71. The Morgan fingerprint density at radius 3 is 2.46 bits per heavy atom. The lowest BCUT2D eigenvalue weighted by atomic mass is 10.2. The fourth-order valence-electron chi connectivity index (χ4n) is 2.15. The fourth-order valence-corrected chi connectivity index (χ4v) is 2.43. The molecule has 24 heavy (non-hydrogen) atoms. The van der Waals surface area contributed by atoms with Gasteiger partial charge in [-0.25, -0.2) is 22.6 Å². The van der Waals surface area contributed by atoms with E-state index in [4.69, 9.17) is 21.4 Å². The summed E-state index contributed by atoms with van der Waals surface area (Å²) >= 11 is 6.10. The van der Waals surface area contributed by atoms with Crippen molar-refractivity contribution in [3.8, 4) is 0 Å². The number of aliphatic hydroxyl groups is 1. The number of esters is 1. The van der Waals surface area contributed by atoms with Gasteiger partial charge in [-0.1, -0.05) is 11.6 Å². The lowest BCUT2D eigenvalue weighted by molar-refractivity contribution is 0.0517. The summed E-state index contributed by atoms with van der Waals surface area (Å²) in [6, 6.07) is 1.08. The monoisotopic (exact) mass is 362 g/mol. The molecule has 0 aliphatic carbocycles. The largest absolute Gasteiger partial charge is 0.461 e. The van der Waals surface area contributed by atoms with Gasteiger partial charge in [0.05, 0.1) is 13.2 Å². The Morgan fingerprint density at radius 1 is 1.29 bits per heavy atom. The number of carbonyl (C=O) groups is 1. The van der Waals surface area contributed by atoms with Gasteiger partial charge in [0.15, 0.2) is 5.69 Å². The van der Waals surface area contributed by atoms with Gasteiger partial charge in [0.2, 0.25) is 0 Å².